The summed E-state index contributed by atoms with van der Waals surface area (Å²) in [7, 11) is 0. The van der Waals surface area contributed by atoms with Crippen LogP contribution in [0, 0.1) is 0 Å². The van der Waals surface area contributed by atoms with Gasteiger partial charge in [0.05, 0.1) is 0 Å². The van der Waals surface area contributed by atoms with Gasteiger partial charge < -0.3 is 10.8 Å². The molecule has 3 nitrogen and oxygen atoms in total. The number of hydrogen-bond donors (Lipinski definition) is 2. The largest absolute Gasteiger partial charge is 0.396 e. The summed E-state index contributed by atoms with van der Waals surface area (Å²) in [5.74, 6) is 0. The summed E-state index contributed by atoms with van der Waals surface area (Å²) in [4.78, 5) is 2.47. The maximum Gasteiger partial charge on any atom is 0.0431 e. The fraction of sp³-hybridized carbons (Fsp3) is 0.647. The molecule has 1 aliphatic rings. The van der Waals surface area contributed by atoms with Gasteiger partial charge in [-0.15, -0.1) is 0 Å². The van der Waals surface area contributed by atoms with Crippen LogP contribution in [0.1, 0.15) is 43.2 Å². The van der Waals surface area contributed by atoms with Crippen molar-refractivity contribution in [3.8, 4) is 0 Å². The van der Waals surface area contributed by atoms with E-state index in [1.807, 2.05) is 0 Å². The van der Waals surface area contributed by atoms with Crippen molar-refractivity contribution < 1.29 is 5.11 Å². The van der Waals surface area contributed by atoms with E-state index in [4.69, 9.17) is 10.8 Å². The number of nitrogens with two attached hydrogens (primary N) is 1. The molecule has 1 saturated heterocycles. The van der Waals surface area contributed by atoms with Gasteiger partial charge in [0.15, 0.2) is 0 Å². The van der Waals surface area contributed by atoms with Crippen molar-refractivity contribution >= 4 is 0 Å². The van der Waals surface area contributed by atoms with Crippen LogP contribution in [-0.2, 0) is 13.0 Å². The van der Waals surface area contributed by atoms with Crippen molar-refractivity contribution in [3.63, 3.8) is 0 Å². The second-order valence-electron chi connectivity index (χ2n) is 5.99. The lowest BCUT2D eigenvalue weighted by Gasteiger charge is -2.30. The van der Waals surface area contributed by atoms with E-state index in [1.54, 1.807) is 0 Å². The molecule has 0 radical (unpaired) electrons. The van der Waals surface area contributed by atoms with Gasteiger partial charge in [0.2, 0.25) is 0 Å². The fourth-order valence-electron chi connectivity index (χ4n) is 2.99. The summed E-state index contributed by atoms with van der Waals surface area (Å²) in [6, 6.07) is 9.28. The molecular formula is C17H28N2O. The molecule has 2 rings (SSSR count). The first-order valence-corrected chi connectivity index (χ1v) is 7.94. The number of likely N-dealkylation sites (tertiary alicyclic amines) is 1. The summed E-state index contributed by atoms with van der Waals surface area (Å²) in [6.45, 7) is 3.54. The average molecular weight is 276 g/mol. The highest BCUT2D eigenvalue weighted by atomic mass is 16.2. The van der Waals surface area contributed by atoms with Crippen LogP contribution in [0.15, 0.2) is 24.3 Å². The number of benzene rings is 1. The van der Waals surface area contributed by atoms with E-state index in [-0.39, 0.29) is 0 Å². The Morgan fingerprint density at radius 1 is 1.20 bits per heavy atom. The molecule has 0 saturated carbocycles. The SMILES string of the molecule is NC1CCCN(Cc2cccc(CCCCCO)c2)C1. The van der Waals surface area contributed by atoms with Crippen LogP contribution in [0.2, 0.25) is 0 Å². The molecule has 1 fully saturated rings. The monoisotopic (exact) mass is 276 g/mol. The van der Waals surface area contributed by atoms with Crippen molar-refractivity contribution in [2.75, 3.05) is 19.7 Å². The maximum atomic E-state index is 8.80. The van der Waals surface area contributed by atoms with Crippen LogP contribution in [0.5, 0.6) is 0 Å². The van der Waals surface area contributed by atoms with E-state index >= 15 is 0 Å². The first-order chi connectivity index (χ1) is 9.78. The third-order valence-electron chi connectivity index (χ3n) is 4.06. The molecule has 1 aromatic rings. The Hall–Kier alpha value is -0.900. The van der Waals surface area contributed by atoms with E-state index < -0.39 is 0 Å². The molecule has 1 unspecified atom stereocenters. The molecular weight excluding hydrogens is 248 g/mol. The van der Waals surface area contributed by atoms with Crippen LogP contribution < -0.4 is 5.73 Å². The molecule has 0 spiro atoms. The predicted octanol–water partition coefficient (Wildman–Crippen LogP) is 2.31. The quantitative estimate of drug-likeness (QED) is 0.751. The third kappa shape index (κ3) is 5.23. The summed E-state index contributed by atoms with van der Waals surface area (Å²) in [5.41, 5.74) is 8.86. The third-order valence-corrected chi connectivity index (χ3v) is 4.06. The van der Waals surface area contributed by atoms with E-state index in [9.17, 15) is 0 Å². The Labute approximate surface area is 122 Å². The first kappa shape index (κ1) is 15.5. The van der Waals surface area contributed by atoms with E-state index in [1.165, 1.54) is 36.9 Å². The zero-order valence-corrected chi connectivity index (χ0v) is 12.4. The van der Waals surface area contributed by atoms with Crippen LogP contribution in [0.4, 0.5) is 0 Å². The second kappa shape index (κ2) is 8.40. The maximum absolute atomic E-state index is 8.80. The lowest BCUT2D eigenvalue weighted by atomic mass is 10.0. The first-order valence-electron chi connectivity index (χ1n) is 7.94. The van der Waals surface area contributed by atoms with Gasteiger partial charge >= 0.3 is 0 Å². The molecule has 1 atom stereocenters. The predicted molar refractivity (Wildman–Crippen MR) is 83.6 cm³/mol. The number of piperidine rings is 1. The van der Waals surface area contributed by atoms with Crippen LogP contribution in [0.25, 0.3) is 0 Å². The number of unbranched alkanes of at least 4 members (excludes halogenated alkanes) is 2. The van der Waals surface area contributed by atoms with E-state index in [0.717, 1.165) is 32.4 Å². The smallest absolute Gasteiger partial charge is 0.0431 e. The Bertz CT molecular complexity index is 394. The highest BCUT2D eigenvalue weighted by molar-refractivity contribution is 5.23. The summed E-state index contributed by atoms with van der Waals surface area (Å²) in [5, 5.41) is 8.80. The number of aryl methyl sites for hydroxylation is 1. The molecule has 0 aromatic heterocycles. The zero-order valence-electron chi connectivity index (χ0n) is 12.4. The Morgan fingerprint density at radius 3 is 2.85 bits per heavy atom. The lowest BCUT2D eigenvalue weighted by Crippen LogP contribution is -2.42. The Balaban J connectivity index is 1.82. The van der Waals surface area contributed by atoms with Crippen molar-refractivity contribution in [2.24, 2.45) is 5.73 Å². The fourth-order valence-corrected chi connectivity index (χ4v) is 2.99. The van der Waals surface area contributed by atoms with Crippen molar-refractivity contribution in [2.45, 2.75) is 51.1 Å². The molecule has 0 amide bonds. The van der Waals surface area contributed by atoms with Gasteiger partial charge in [0.25, 0.3) is 0 Å². The molecule has 3 heteroatoms. The molecule has 3 N–H and O–H groups in total. The molecule has 20 heavy (non-hydrogen) atoms. The molecule has 0 aliphatic carbocycles. The van der Waals surface area contributed by atoms with Crippen molar-refractivity contribution in [1.82, 2.24) is 4.90 Å². The minimum absolute atomic E-state index is 0.315. The lowest BCUT2D eigenvalue weighted by molar-refractivity contribution is 0.201. The van der Waals surface area contributed by atoms with Gasteiger partial charge in [0.1, 0.15) is 0 Å². The molecule has 1 aromatic carbocycles. The van der Waals surface area contributed by atoms with Gasteiger partial charge in [-0.05, 0) is 49.8 Å². The molecule has 1 heterocycles. The van der Waals surface area contributed by atoms with Gasteiger partial charge in [-0.3, -0.25) is 4.90 Å². The van der Waals surface area contributed by atoms with Gasteiger partial charge in [-0.25, -0.2) is 0 Å². The number of aliphatic hydroxyl groups excluding tert-OH is 1. The van der Waals surface area contributed by atoms with Crippen LogP contribution in [0.3, 0.4) is 0 Å². The number of hydrogen-bond acceptors (Lipinski definition) is 3. The Morgan fingerprint density at radius 2 is 2.05 bits per heavy atom. The number of rotatable bonds is 7. The highest BCUT2D eigenvalue weighted by Crippen LogP contribution is 2.15. The van der Waals surface area contributed by atoms with Gasteiger partial charge in [-0.2, -0.15) is 0 Å². The topological polar surface area (TPSA) is 49.5 Å². The van der Waals surface area contributed by atoms with Crippen molar-refractivity contribution in [1.29, 1.82) is 0 Å². The summed E-state index contributed by atoms with van der Waals surface area (Å²) in [6.07, 6.45) is 6.71. The number of aliphatic hydroxyl groups is 1. The standard InChI is InChI=1S/C17H28N2O/c18-17-9-5-10-19(14-17)13-16-8-4-7-15(12-16)6-2-1-3-11-20/h4,7-8,12,17,20H,1-3,5-6,9-11,13-14,18H2. The molecule has 1 aliphatic heterocycles. The number of nitrogens with zero attached hydrogens (tertiary/aromatic N) is 1. The minimum atomic E-state index is 0.315. The van der Waals surface area contributed by atoms with Crippen LogP contribution >= 0.6 is 0 Å². The van der Waals surface area contributed by atoms with Crippen LogP contribution in [-0.4, -0.2) is 35.7 Å². The average Bonchev–Trinajstić information content (AvgIpc) is 2.44. The second-order valence-corrected chi connectivity index (χ2v) is 5.99. The zero-order chi connectivity index (χ0) is 14.2. The van der Waals surface area contributed by atoms with Gasteiger partial charge in [0, 0.05) is 25.7 Å². The highest BCUT2D eigenvalue weighted by Gasteiger charge is 2.16. The Kier molecular flexibility index (Phi) is 6.51. The van der Waals surface area contributed by atoms with E-state index in [2.05, 4.69) is 29.2 Å². The normalized spacial score (nSPS) is 20.2. The molecule has 0 bridgehead atoms. The summed E-state index contributed by atoms with van der Waals surface area (Å²) < 4.78 is 0. The summed E-state index contributed by atoms with van der Waals surface area (Å²) >= 11 is 0. The minimum Gasteiger partial charge on any atom is -0.396 e. The van der Waals surface area contributed by atoms with Crippen molar-refractivity contribution in [3.05, 3.63) is 35.4 Å². The van der Waals surface area contributed by atoms with Gasteiger partial charge in [-0.1, -0.05) is 30.7 Å². The van der Waals surface area contributed by atoms with E-state index in [0.29, 0.717) is 12.6 Å². The molecule has 112 valence electrons.